The molecule has 1 amide bonds. The molecule has 0 atom stereocenters. The van der Waals surface area contributed by atoms with Crippen molar-refractivity contribution in [2.24, 2.45) is 0 Å². The molecule has 2 aromatic heterocycles. The summed E-state index contributed by atoms with van der Waals surface area (Å²) in [5.74, 6) is 0.715. The van der Waals surface area contributed by atoms with E-state index in [9.17, 15) is 9.59 Å². The molecule has 2 N–H and O–H groups in total. The first kappa shape index (κ1) is 16.8. The van der Waals surface area contributed by atoms with Crippen LogP contribution in [0.15, 0.2) is 70.7 Å². The highest BCUT2D eigenvalue weighted by atomic mass is 32.2. The molecule has 2 aromatic carbocycles. The average Bonchev–Trinajstić information content (AvgIpc) is 3.30. The molecule has 5 rings (SSSR count). The summed E-state index contributed by atoms with van der Waals surface area (Å²) in [6, 6.07) is 16.2. The van der Waals surface area contributed by atoms with Crippen LogP contribution in [0.1, 0.15) is 10.4 Å². The van der Waals surface area contributed by atoms with Crippen molar-refractivity contribution >= 4 is 34.3 Å². The Kier molecular flexibility index (Phi) is 4.02. The Morgan fingerprint density at radius 1 is 1.14 bits per heavy atom. The Bertz CT molecular complexity index is 1250. The van der Waals surface area contributed by atoms with Gasteiger partial charge in [-0.2, -0.15) is 0 Å². The minimum atomic E-state index is -0.323. The van der Waals surface area contributed by atoms with E-state index in [0.717, 1.165) is 28.7 Å². The minimum Gasteiger partial charge on any atom is -0.325 e. The van der Waals surface area contributed by atoms with Crippen LogP contribution in [0, 0.1) is 0 Å². The number of hydrogen-bond donors (Lipinski definition) is 2. The van der Waals surface area contributed by atoms with Crippen LogP contribution in [-0.2, 0) is 6.54 Å². The zero-order chi connectivity index (χ0) is 19.1. The number of imidazole rings is 1. The lowest BCUT2D eigenvalue weighted by Gasteiger charge is -2.11. The molecule has 7 heteroatoms. The van der Waals surface area contributed by atoms with Crippen LogP contribution < -0.4 is 10.9 Å². The highest BCUT2D eigenvalue weighted by molar-refractivity contribution is 7.99. The zero-order valence-electron chi connectivity index (χ0n) is 14.8. The Morgan fingerprint density at radius 3 is 2.86 bits per heavy atom. The van der Waals surface area contributed by atoms with Crippen molar-refractivity contribution in [1.29, 1.82) is 0 Å². The van der Waals surface area contributed by atoms with Crippen LogP contribution in [0.25, 0.3) is 22.2 Å². The Hall–Kier alpha value is -3.32. The topological polar surface area (TPSA) is 79.8 Å². The van der Waals surface area contributed by atoms with E-state index in [1.807, 2.05) is 48.7 Å². The number of nitrogens with zero attached hydrogens (tertiary/aromatic N) is 2. The maximum atomic E-state index is 13.0. The van der Waals surface area contributed by atoms with Crippen molar-refractivity contribution < 1.29 is 4.79 Å². The number of fused-ring (bicyclic) bond motifs is 2. The SMILES string of the molecule is O=C(Nc1ccccc1-c1cn2c(n1)SCC2)c1cc(=O)[nH]c2ccccc12. The van der Waals surface area contributed by atoms with Crippen LogP contribution in [0.2, 0.25) is 0 Å². The number of aromatic amines is 1. The van der Waals surface area contributed by atoms with Crippen molar-refractivity contribution in [1.82, 2.24) is 14.5 Å². The van der Waals surface area contributed by atoms with Crippen LogP contribution >= 0.6 is 11.8 Å². The third-order valence-electron chi connectivity index (χ3n) is 4.75. The predicted octanol–water partition coefficient (Wildman–Crippen LogP) is 3.75. The number of hydrogen-bond acceptors (Lipinski definition) is 4. The lowest BCUT2D eigenvalue weighted by atomic mass is 10.1. The van der Waals surface area contributed by atoms with Gasteiger partial charge in [0.05, 0.1) is 16.9 Å². The maximum Gasteiger partial charge on any atom is 0.256 e. The van der Waals surface area contributed by atoms with Gasteiger partial charge >= 0.3 is 0 Å². The summed E-state index contributed by atoms with van der Waals surface area (Å²) in [5, 5.41) is 4.66. The number of anilines is 1. The van der Waals surface area contributed by atoms with Crippen LogP contribution in [-0.4, -0.2) is 26.2 Å². The molecule has 1 aliphatic rings. The summed E-state index contributed by atoms with van der Waals surface area (Å²) in [6.07, 6.45) is 2.02. The predicted molar refractivity (Wildman–Crippen MR) is 111 cm³/mol. The second kappa shape index (κ2) is 6.69. The molecule has 0 bridgehead atoms. The Labute approximate surface area is 164 Å². The first-order chi connectivity index (χ1) is 13.7. The molecule has 0 saturated carbocycles. The van der Waals surface area contributed by atoms with Crippen LogP contribution in [0.4, 0.5) is 5.69 Å². The van der Waals surface area contributed by atoms with Crippen molar-refractivity contribution in [2.75, 3.05) is 11.1 Å². The Morgan fingerprint density at radius 2 is 1.96 bits per heavy atom. The number of benzene rings is 2. The Balaban J connectivity index is 1.54. The lowest BCUT2D eigenvalue weighted by Crippen LogP contribution is -2.17. The van der Waals surface area contributed by atoms with E-state index in [2.05, 4.69) is 19.9 Å². The molecule has 3 heterocycles. The van der Waals surface area contributed by atoms with Gasteiger partial charge < -0.3 is 14.9 Å². The zero-order valence-corrected chi connectivity index (χ0v) is 15.6. The van der Waals surface area contributed by atoms with Gasteiger partial charge in [0.1, 0.15) is 0 Å². The number of aromatic nitrogens is 3. The van der Waals surface area contributed by atoms with Gasteiger partial charge in [-0.25, -0.2) is 4.98 Å². The lowest BCUT2D eigenvalue weighted by molar-refractivity contribution is 0.102. The second-order valence-corrected chi connectivity index (χ2v) is 7.61. The number of amides is 1. The van der Waals surface area contributed by atoms with E-state index in [0.29, 0.717) is 22.2 Å². The van der Waals surface area contributed by atoms with Gasteiger partial charge in [-0.05, 0) is 12.1 Å². The first-order valence-corrected chi connectivity index (χ1v) is 9.90. The summed E-state index contributed by atoms with van der Waals surface area (Å²) in [7, 11) is 0. The number of para-hydroxylation sites is 2. The van der Waals surface area contributed by atoms with Gasteiger partial charge in [0.2, 0.25) is 5.56 Å². The van der Waals surface area contributed by atoms with Gasteiger partial charge in [0.25, 0.3) is 5.91 Å². The average molecular weight is 388 g/mol. The normalized spacial score (nSPS) is 12.9. The van der Waals surface area contributed by atoms with E-state index in [4.69, 9.17) is 0 Å². The largest absolute Gasteiger partial charge is 0.325 e. The number of carbonyl (C=O) groups excluding carboxylic acids is 1. The van der Waals surface area contributed by atoms with Gasteiger partial charge in [-0.3, -0.25) is 9.59 Å². The van der Waals surface area contributed by atoms with E-state index < -0.39 is 0 Å². The van der Waals surface area contributed by atoms with Gasteiger partial charge in [-0.15, -0.1) is 0 Å². The number of aryl methyl sites for hydroxylation is 1. The van der Waals surface area contributed by atoms with Crippen molar-refractivity contribution in [2.45, 2.75) is 11.7 Å². The second-order valence-electron chi connectivity index (χ2n) is 6.54. The third-order valence-corrected chi connectivity index (χ3v) is 5.72. The monoisotopic (exact) mass is 388 g/mol. The fourth-order valence-electron chi connectivity index (χ4n) is 3.44. The fourth-order valence-corrected chi connectivity index (χ4v) is 4.38. The van der Waals surface area contributed by atoms with E-state index in [-0.39, 0.29) is 11.5 Å². The van der Waals surface area contributed by atoms with Crippen molar-refractivity contribution in [3.05, 3.63) is 76.7 Å². The molecule has 6 nitrogen and oxygen atoms in total. The number of rotatable bonds is 3. The smallest absolute Gasteiger partial charge is 0.256 e. The summed E-state index contributed by atoms with van der Waals surface area (Å²) < 4.78 is 2.13. The van der Waals surface area contributed by atoms with Crippen LogP contribution in [0.3, 0.4) is 0 Å². The molecule has 0 spiro atoms. The molecular weight excluding hydrogens is 372 g/mol. The van der Waals surface area contributed by atoms with Gasteiger partial charge in [0.15, 0.2) is 5.16 Å². The molecule has 138 valence electrons. The third kappa shape index (κ3) is 2.90. The molecule has 0 radical (unpaired) electrons. The number of H-pyrrole nitrogens is 1. The van der Waals surface area contributed by atoms with Gasteiger partial charge in [-0.1, -0.05) is 48.2 Å². The standard InChI is InChI=1S/C21H16N4O2S/c26-19-11-15(13-5-1-3-7-16(13)22-19)20(27)23-17-8-4-2-6-14(17)18-12-25-9-10-28-21(25)24-18/h1-8,11-12H,9-10H2,(H,22,26)(H,23,27). The summed E-state index contributed by atoms with van der Waals surface area (Å²) in [6.45, 7) is 0.945. The molecule has 4 aromatic rings. The van der Waals surface area contributed by atoms with Crippen molar-refractivity contribution in [3.8, 4) is 11.3 Å². The van der Waals surface area contributed by atoms with E-state index in [1.54, 1.807) is 17.8 Å². The number of thioether (sulfide) groups is 1. The molecule has 0 fully saturated rings. The number of pyridine rings is 1. The quantitative estimate of drug-likeness (QED) is 0.560. The molecule has 28 heavy (non-hydrogen) atoms. The first-order valence-electron chi connectivity index (χ1n) is 8.92. The minimum absolute atomic E-state index is 0.306. The van der Waals surface area contributed by atoms with Gasteiger partial charge in [0, 0.05) is 41.0 Å². The number of nitrogens with one attached hydrogen (secondary N) is 2. The maximum absolute atomic E-state index is 13.0. The molecule has 1 aliphatic heterocycles. The highest BCUT2D eigenvalue weighted by Crippen LogP contribution is 2.32. The summed E-state index contributed by atoms with van der Waals surface area (Å²) in [5.41, 5.74) is 3.02. The van der Waals surface area contributed by atoms with E-state index >= 15 is 0 Å². The molecule has 0 aliphatic carbocycles. The summed E-state index contributed by atoms with van der Waals surface area (Å²) >= 11 is 1.73. The van der Waals surface area contributed by atoms with Crippen LogP contribution in [0.5, 0.6) is 0 Å². The molecular formula is C21H16N4O2S. The molecule has 0 unspecified atom stereocenters. The summed E-state index contributed by atoms with van der Waals surface area (Å²) in [4.78, 5) is 32.4. The van der Waals surface area contributed by atoms with E-state index in [1.165, 1.54) is 6.07 Å². The molecule has 0 saturated heterocycles. The van der Waals surface area contributed by atoms with Crippen molar-refractivity contribution in [3.63, 3.8) is 0 Å². The number of carbonyl (C=O) groups is 1. The fraction of sp³-hybridized carbons (Fsp3) is 0.0952. The highest BCUT2D eigenvalue weighted by Gasteiger charge is 2.18.